The smallest absolute Gasteiger partial charge is 0.0539 e. The van der Waals surface area contributed by atoms with Gasteiger partial charge in [0.1, 0.15) is 0 Å². The molecule has 0 bridgehead atoms. The Hall–Kier alpha value is -2.49. The molecular formula is C17H20N4. The van der Waals surface area contributed by atoms with Crippen LogP contribution in [0.3, 0.4) is 0 Å². The minimum atomic E-state index is 0.399. The van der Waals surface area contributed by atoms with Crippen LogP contribution in [0.5, 0.6) is 0 Å². The maximum Gasteiger partial charge on any atom is 0.0539 e. The standard InChI is InChI=1S/C17H20N4/c1-14(2)21-13-15(12-19-21)11-18-16-6-5-7-17(10-16)20-8-3-4-9-20/h3-10,12-14,18H,11H2,1-2H3. The van der Waals surface area contributed by atoms with Gasteiger partial charge in [-0.3, -0.25) is 4.68 Å². The summed E-state index contributed by atoms with van der Waals surface area (Å²) < 4.78 is 4.08. The molecule has 1 aromatic carbocycles. The molecule has 0 atom stereocenters. The predicted molar refractivity (Wildman–Crippen MR) is 85.7 cm³/mol. The fourth-order valence-corrected chi connectivity index (χ4v) is 2.24. The van der Waals surface area contributed by atoms with E-state index < -0.39 is 0 Å². The van der Waals surface area contributed by atoms with Gasteiger partial charge in [0, 0.05) is 48.1 Å². The van der Waals surface area contributed by atoms with Crippen molar-refractivity contribution in [1.82, 2.24) is 14.3 Å². The Morgan fingerprint density at radius 3 is 2.67 bits per heavy atom. The molecule has 0 aliphatic rings. The van der Waals surface area contributed by atoms with Crippen molar-refractivity contribution in [2.24, 2.45) is 0 Å². The van der Waals surface area contributed by atoms with Gasteiger partial charge in [0.2, 0.25) is 0 Å². The molecule has 4 nitrogen and oxygen atoms in total. The molecule has 3 aromatic rings. The summed E-state index contributed by atoms with van der Waals surface area (Å²) in [5.41, 5.74) is 3.46. The highest BCUT2D eigenvalue weighted by Crippen LogP contribution is 2.16. The number of nitrogens with one attached hydrogen (secondary N) is 1. The minimum Gasteiger partial charge on any atom is -0.381 e. The van der Waals surface area contributed by atoms with E-state index in [1.807, 2.05) is 35.4 Å². The van der Waals surface area contributed by atoms with Gasteiger partial charge in [-0.05, 0) is 44.2 Å². The first-order valence-electron chi connectivity index (χ1n) is 7.23. The topological polar surface area (TPSA) is 34.8 Å². The van der Waals surface area contributed by atoms with Crippen LogP contribution in [0.25, 0.3) is 5.69 Å². The third-order valence-electron chi connectivity index (χ3n) is 3.43. The summed E-state index contributed by atoms with van der Waals surface area (Å²) in [6, 6.07) is 12.8. The zero-order valence-corrected chi connectivity index (χ0v) is 12.4. The lowest BCUT2D eigenvalue weighted by Gasteiger charge is -2.08. The van der Waals surface area contributed by atoms with Gasteiger partial charge >= 0.3 is 0 Å². The largest absolute Gasteiger partial charge is 0.381 e. The fraction of sp³-hybridized carbons (Fsp3) is 0.235. The van der Waals surface area contributed by atoms with Crippen LogP contribution in [0.15, 0.2) is 61.2 Å². The van der Waals surface area contributed by atoms with E-state index in [2.05, 4.69) is 59.3 Å². The monoisotopic (exact) mass is 280 g/mol. The molecule has 1 N–H and O–H groups in total. The van der Waals surface area contributed by atoms with E-state index in [4.69, 9.17) is 0 Å². The molecule has 4 heteroatoms. The SMILES string of the molecule is CC(C)n1cc(CNc2cccc(-n3cccc3)c2)cn1. The van der Waals surface area contributed by atoms with E-state index in [1.165, 1.54) is 5.56 Å². The Balaban J connectivity index is 1.69. The maximum absolute atomic E-state index is 4.36. The zero-order valence-electron chi connectivity index (χ0n) is 12.4. The lowest BCUT2D eigenvalue weighted by molar-refractivity contribution is 0.532. The first-order valence-corrected chi connectivity index (χ1v) is 7.23. The molecule has 0 spiro atoms. The zero-order chi connectivity index (χ0) is 14.7. The lowest BCUT2D eigenvalue weighted by atomic mass is 10.2. The molecule has 2 heterocycles. The lowest BCUT2D eigenvalue weighted by Crippen LogP contribution is -2.01. The minimum absolute atomic E-state index is 0.399. The maximum atomic E-state index is 4.36. The van der Waals surface area contributed by atoms with Crippen LogP contribution in [0, 0.1) is 0 Å². The highest BCUT2D eigenvalue weighted by atomic mass is 15.3. The summed E-state index contributed by atoms with van der Waals surface area (Å²) in [6.07, 6.45) is 8.10. The average Bonchev–Trinajstić information content (AvgIpc) is 3.17. The van der Waals surface area contributed by atoms with Crippen molar-refractivity contribution in [3.05, 3.63) is 66.7 Å². The Morgan fingerprint density at radius 2 is 1.95 bits per heavy atom. The van der Waals surface area contributed by atoms with Crippen molar-refractivity contribution in [1.29, 1.82) is 0 Å². The molecule has 0 radical (unpaired) electrons. The number of hydrogen-bond donors (Lipinski definition) is 1. The summed E-state index contributed by atoms with van der Waals surface area (Å²) >= 11 is 0. The van der Waals surface area contributed by atoms with Gasteiger partial charge < -0.3 is 9.88 Å². The van der Waals surface area contributed by atoms with E-state index >= 15 is 0 Å². The number of anilines is 1. The van der Waals surface area contributed by atoms with E-state index in [9.17, 15) is 0 Å². The Bertz CT molecular complexity index is 695. The van der Waals surface area contributed by atoms with Crippen LogP contribution in [-0.2, 0) is 6.54 Å². The van der Waals surface area contributed by atoms with Crippen molar-refractivity contribution in [2.45, 2.75) is 26.4 Å². The van der Waals surface area contributed by atoms with Gasteiger partial charge in [-0.2, -0.15) is 5.10 Å². The van der Waals surface area contributed by atoms with Crippen LogP contribution in [0.1, 0.15) is 25.5 Å². The molecule has 0 saturated carbocycles. The van der Waals surface area contributed by atoms with Crippen LogP contribution in [-0.4, -0.2) is 14.3 Å². The van der Waals surface area contributed by atoms with Crippen molar-refractivity contribution in [3.8, 4) is 5.69 Å². The van der Waals surface area contributed by atoms with Crippen molar-refractivity contribution >= 4 is 5.69 Å². The molecular weight excluding hydrogens is 260 g/mol. The molecule has 108 valence electrons. The van der Waals surface area contributed by atoms with Gasteiger partial charge in [0.15, 0.2) is 0 Å². The van der Waals surface area contributed by atoms with Crippen LogP contribution < -0.4 is 5.32 Å². The number of nitrogens with zero attached hydrogens (tertiary/aromatic N) is 3. The molecule has 21 heavy (non-hydrogen) atoms. The van der Waals surface area contributed by atoms with Crippen molar-refractivity contribution in [3.63, 3.8) is 0 Å². The van der Waals surface area contributed by atoms with Gasteiger partial charge in [-0.25, -0.2) is 0 Å². The molecule has 0 aliphatic heterocycles. The molecule has 0 unspecified atom stereocenters. The predicted octanol–water partition coefficient (Wildman–Crippen LogP) is 3.87. The van der Waals surface area contributed by atoms with Gasteiger partial charge in [0.25, 0.3) is 0 Å². The first-order chi connectivity index (χ1) is 10.2. The van der Waals surface area contributed by atoms with Gasteiger partial charge in [-0.15, -0.1) is 0 Å². The number of aromatic nitrogens is 3. The quantitative estimate of drug-likeness (QED) is 0.770. The van der Waals surface area contributed by atoms with E-state index in [-0.39, 0.29) is 0 Å². The Kier molecular flexibility index (Phi) is 3.77. The third-order valence-corrected chi connectivity index (χ3v) is 3.43. The molecule has 0 saturated heterocycles. The Labute approximate surface area is 125 Å². The second-order valence-corrected chi connectivity index (χ2v) is 5.42. The fourth-order valence-electron chi connectivity index (χ4n) is 2.24. The number of benzene rings is 1. The summed E-state index contributed by atoms with van der Waals surface area (Å²) in [7, 11) is 0. The average molecular weight is 280 g/mol. The molecule has 3 rings (SSSR count). The summed E-state index contributed by atoms with van der Waals surface area (Å²) in [5, 5.41) is 7.81. The van der Waals surface area contributed by atoms with Crippen molar-refractivity contribution in [2.75, 3.05) is 5.32 Å². The molecule has 0 aliphatic carbocycles. The molecule has 2 aromatic heterocycles. The van der Waals surface area contributed by atoms with Crippen LogP contribution >= 0.6 is 0 Å². The highest BCUT2D eigenvalue weighted by Gasteiger charge is 2.02. The summed E-state index contributed by atoms with van der Waals surface area (Å²) in [5.74, 6) is 0. The molecule has 0 amide bonds. The third kappa shape index (κ3) is 3.16. The normalized spacial score (nSPS) is 11.0. The van der Waals surface area contributed by atoms with Crippen LogP contribution in [0.2, 0.25) is 0 Å². The van der Waals surface area contributed by atoms with E-state index in [1.54, 1.807) is 0 Å². The van der Waals surface area contributed by atoms with Crippen molar-refractivity contribution < 1.29 is 0 Å². The highest BCUT2D eigenvalue weighted by molar-refractivity contribution is 5.51. The van der Waals surface area contributed by atoms with E-state index in [0.717, 1.165) is 17.9 Å². The van der Waals surface area contributed by atoms with Gasteiger partial charge in [0.05, 0.1) is 6.20 Å². The molecule has 0 fully saturated rings. The second-order valence-electron chi connectivity index (χ2n) is 5.42. The van der Waals surface area contributed by atoms with Gasteiger partial charge in [-0.1, -0.05) is 6.07 Å². The van der Waals surface area contributed by atoms with Crippen LogP contribution in [0.4, 0.5) is 5.69 Å². The summed E-state index contributed by atoms with van der Waals surface area (Å²) in [6.45, 7) is 5.04. The number of rotatable bonds is 5. The summed E-state index contributed by atoms with van der Waals surface area (Å²) in [4.78, 5) is 0. The number of hydrogen-bond acceptors (Lipinski definition) is 2. The Morgan fingerprint density at radius 1 is 1.14 bits per heavy atom. The van der Waals surface area contributed by atoms with E-state index in [0.29, 0.717) is 6.04 Å². The second kappa shape index (κ2) is 5.87. The first kappa shape index (κ1) is 13.5.